The number of carbonyl (C=O) groups is 1. The molecule has 0 heterocycles. The molecule has 12 heavy (non-hydrogen) atoms. The molecule has 70 valence electrons. The standard InChI is InChI=1S/C9H17NO2/c1-2-7-4-3-5-9(12,6-7)8(10)11/h7,12H,2-6H2,1H3,(H2,10,11)/t7-,9+/m0/s1. The lowest BCUT2D eigenvalue weighted by atomic mass is 9.77. The van der Waals surface area contributed by atoms with Gasteiger partial charge in [0.2, 0.25) is 5.91 Å². The molecule has 1 aliphatic rings. The van der Waals surface area contributed by atoms with Gasteiger partial charge < -0.3 is 10.8 Å². The zero-order valence-electron chi connectivity index (χ0n) is 7.55. The summed E-state index contributed by atoms with van der Waals surface area (Å²) in [6.45, 7) is 2.08. The van der Waals surface area contributed by atoms with E-state index in [1.165, 1.54) is 0 Å². The van der Waals surface area contributed by atoms with Gasteiger partial charge in [-0.3, -0.25) is 4.79 Å². The van der Waals surface area contributed by atoms with E-state index in [2.05, 4.69) is 6.92 Å². The molecule has 1 amide bonds. The van der Waals surface area contributed by atoms with E-state index >= 15 is 0 Å². The first-order chi connectivity index (χ1) is 5.58. The van der Waals surface area contributed by atoms with Crippen LogP contribution in [0.5, 0.6) is 0 Å². The molecule has 3 nitrogen and oxygen atoms in total. The van der Waals surface area contributed by atoms with Crippen molar-refractivity contribution in [3.8, 4) is 0 Å². The van der Waals surface area contributed by atoms with Crippen LogP contribution in [0.4, 0.5) is 0 Å². The van der Waals surface area contributed by atoms with Crippen molar-refractivity contribution in [2.45, 2.75) is 44.6 Å². The van der Waals surface area contributed by atoms with Gasteiger partial charge in [-0.25, -0.2) is 0 Å². The van der Waals surface area contributed by atoms with E-state index in [0.29, 0.717) is 18.8 Å². The van der Waals surface area contributed by atoms with Crippen LogP contribution in [-0.2, 0) is 4.79 Å². The van der Waals surface area contributed by atoms with Gasteiger partial charge in [-0.05, 0) is 25.2 Å². The molecular weight excluding hydrogens is 154 g/mol. The lowest BCUT2D eigenvalue weighted by molar-refractivity contribution is -0.141. The molecule has 0 bridgehead atoms. The zero-order chi connectivity index (χ0) is 9.19. The molecule has 0 aromatic heterocycles. The van der Waals surface area contributed by atoms with Crippen molar-refractivity contribution < 1.29 is 9.90 Å². The lowest BCUT2D eigenvalue weighted by Gasteiger charge is -2.33. The summed E-state index contributed by atoms with van der Waals surface area (Å²) in [6.07, 6.45) is 4.15. The van der Waals surface area contributed by atoms with Gasteiger partial charge >= 0.3 is 0 Å². The molecule has 2 atom stereocenters. The second-order valence-electron chi connectivity index (χ2n) is 3.77. The summed E-state index contributed by atoms with van der Waals surface area (Å²) >= 11 is 0. The average Bonchev–Trinajstić information content (AvgIpc) is 2.04. The molecule has 0 saturated heterocycles. The monoisotopic (exact) mass is 171 g/mol. The van der Waals surface area contributed by atoms with Crippen molar-refractivity contribution in [2.75, 3.05) is 0 Å². The molecule has 1 rings (SSSR count). The number of rotatable bonds is 2. The van der Waals surface area contributed by atoms with E-state index in [1.807, 2.05) is 0 Å². The summed E-state index contributed by atoms with van der Waals surface area (Å²) in [6, 6.07) is 0. The molecule has 0 aromatic carbocycles. The third kappa shape index (κ3) is 1.78. The van der Waals surface area contributed by atoms with Gasteiger partial charge in [0.25, 0.3) is 0 Å². The summed E-state index contributed by atoms with van der Waals surface area (Å²) in [5, 5.41) is 9.78. The molecular formula is C9H17NO2. The Morgan fingerprint density at radius 2 is 2.42 bits per heavy atom. The quantitative estimate of drug-likeness (QED) is 0.645. The molecule has 0 radical (unpaired) electrons. The van der Waals surface area contributed by atoms with Crippen LogP contribution in [0.25, 0.3) is 0 Å². The Bertz CT molecular complexity index is 181. The minimum Gasteiger partial charge on any atom is -0.380 e. The van der Waals surface area contributed by atoms with Crippen LogP contribution in [0.3, 0.4) is 0 Å². The molecule has 3 heteroatoms. The predicted octanol–water partition coefficient (Wildman–Crippen LogP) is 0.803. The van der Waals surface area contributed by atoms with Crippen LogP contribution < -0.4 is 5.73 Å². The second-order valence-corrected chi connectivity index (χ2v) is 3.77. The number of carbonyl (C=O) groups excluding carboxylic acids is 1. The van der Waals surface area contributed by atoms with E-state index in [4.69, 9.17) is 5.73 Å². The minimum absolute atomic E-state index is 0.469. The number of aliphatic hydroxyl groups is 1. The topological polar surface area (TPSA) is 63.3 Å². The van der Waals surface area contributed by atoms with E-state index in [9.17, 15) is 9.90 Å². The highest BCUT2D eigenvalue weighted by Crippen LogP contribution is 2.33. The first-order valence-corrected chi connectivity index (χ1v) is 4.61. The van der Waals surface area contributed by atoms with Gasteiger partial charge in [0.1, 0.15) is 5.60 Å². The Balaban J connectivity index is 2.61. The highest BCUT2D eigenvalue weighted by atomic mass is 16.3. The van der Waals surface area contributed by atoms with Crippen molar-refractivity contribution in [1.82, 2.24) is 0 Å². The summed E-state index contributed by atoms with van der Waals surface area (Å²) < 4.78 is 0. The van der Waals surface area contributed by atoms with Crippen LogP contribution >= 0.6 is 0 Å². The molecule has 0 aromatic rings. The zero-order valence-corrected chi connectivity index (χ0v) is 7.55. The Morgan fingerprint density at radius 1 is 1.75 bits per heavy atom. The fourth-order valence-corrected chi connectivity index (χ4v) is 1.94. The smallest absolute Gasteiger partial charge is 0.249 e. The molecule has 0 spiro atoms. The van der Waals surface area contributed by atoms with Crippen LogP contribution in [0.2, 0.25) is 0 Å². The number of amides is 1. The summed E-state index contributed by atoms with van der Waals surface area (Å²) in [5.41, 5.74) is 3.92. The first-order valence-electron chi connectivity index (χ1n) is 4.61. The lowest BCUT2D eigenvalue weighted by Crippen LogP contribution is -2.47. The largest absolute Gasteiger partial charge is 0.380 e. The highest BCUT2D eigenvalue weighted by Gasteiger charge is 2.38. The molecule has 0 unspecified atom stereocenters. The van der Waals surface area contributed by atoms with Crippen LogP contribution in [0, 0.1) is 5.92 Å². The van der Waals surface area contributed by atoms with E-state index < -0.39 is 11.5 Å². The van der Waals surface area contributed by atoms with Crippen LogP contribution in [0.1, 0.15) is 39.0 Å². The molecule has 0 aliphatic heterocycles. The molecule has 1 saturated carbocycles. The van der Waals surface area contributed by atoms with Gasteiger partial charge in [-0.2, -0.15) is 0 Å². The Hall–Kier alpha value is -0.570. The Labute approximate surface area is 72.9 Å². The van der Waals surface area contributed by atoms with Crippen molar-refractivity contribution in [3.63, 3.8) is 0 Å². The van der Waals surface area contributed by atoms with E-state index in [-0.39, 0.29) is 0 Å². The Kier molecular flexibility index (Phi) is 2.73. The van der Waals surface area contributed by atoms with Crippen molar-refractivity contribution >= 4 is 5.91 Å². The first kappa shape index (κ1) is 9.52. The maximum atomic E-state index is 10.9. The SMILES string of the molecule is CC[C@H]1CCC[C@](O)(C(N)=O)C1. The number of nitrogens with two attached hydrogens (primary N) is 1. The van der Waals surface area contributed by atoms with Gasteiger partial charge in [-0.1, -0.05) is 19.8 Å². The van der Waals surface area contributed by atoms with Crippen molar-refractivity contribution in [3.05, 3.63) is 0 Å². The number of hydrogen-bond donors (Lipinski definition) is 2. The third-order valence-electron chi connectivity index (χ3n) is 2.87. The third-order valence-corrected chi connectivity index (χ3v) is 2.87. The predicted molar refractivity (Wildman–Crippen MR) is 46.4 cm³/mol. The van der Waals surface area contributed by atoms with Gasteiger partial charge in [0, 0.05) is 0 Å². The van der Waals surface area contributed by atoms with Crippen LogP contribution in [-0.4, -0.2) is 16.6 Å². The van der Waals surface area contributed by atoms with Gasteiger partial charge in [0.15, 0.2) is 0 Å². The van der Waals surface area contributed by atoms with Crippen molar-refractivity contribution in [1.29, 1.82) is 0 Å². The summed E-state index contributed by atoms with van der Waals surface area (Å²) in [4.78, 5) is 10.9. The maximum Gasteiger partial charge on any atom is 0.249 e. The fraction of sp³-hybridized carbons (Fsp3) is 0.889. The fourth-order valence-electron chi connectivity index (χ4n) is 1.94. The molecule has 3 N–H and O–H groups in total. The number of primary amides is 1. The Morgan fingerprint density at radius 3 is 2.92 bits per heavy atom. The minimum atomic E-state index is -1.21. The summed E-state index contributed by atoms with van der Waals surface area (Å²) in [7, 11) is 0. The highest BCUT2D eigenvalue weighted by molar-refractivity contribution is 5.83. The van der Waals surface area contributed by atoms with E-state index in [0.717, 1.165) is 19.3 Å². The average molecular weight is 171 g/mol. The summed E-state index contributed by atoms with van der Waals surface area (Å²) in [5.74, 6) is -0.0862. The number of hydrogen-bond acceptors (Lipinski definition) is 2. The van der Waals surface area contributed by atoms with Gasteiger partial charge in [-0.15, -0.1) is 0 Å². The molecule has 1 fully saturated rings. The normalized spacial score (nSPS) is 36.3. The molecule has 1 aliphatic carbocycles. The van der Waals surface area contributed by atoms with Crippen molar-refractivity contribution in [2.24, 2.45) is 11.7 Å². The van der Waals surface area contributed by atoms with Crippen LogP contribution in [0.15, 0.2) is 0 Å². The maximum absolute atomic E-state index is 10.9. The van der Waals surface area contributed by atoms with Gasteiger partial charge in [0.05, 0.1) is 0 Å². The van der Waals surface area contributed by atoms with E-state index in [1.54, 1.807) is 0 Å². The second kappa shape index (κ2) is 3.44.